The van der Waals surface area contributed by atoms with Crippen LogP contribution in [0.5, 0.6) is 0 Å². The smallest absolute Gasteiger partial charge is 0.272 e. The van der Waals surface area contributed by atoms with E-state index in [1.807, 2.05) is 0 Å². The minimum atomic E-state index is -3.60. The number of aromatic nitrogens is 1. The van der Waals surface area contributed by atoms with Crippen molar-refractivity contribution in [2.24, 2.45) is 5.73 Å². The molecule has 2 aromatic heterocycles. The van der Waals surface area contributed by atoms with Crippen molar-refractivity contribution in [3.63, 3.8) is 0 Å². The number of nitrogens with two attached hydrogens (primary N) is 1. The predicted octanol–water partition coefficient (Wildman–Crippen LogP) is 1.30. The van der Waals surface area contributed by atoms with Gasteiger partial charge in [-0.2, -0.15) is 0 Å². The van der Waals surface area contributed by atoms with Gasteiger partial charge in [-0.3, -0.25) is 4.72 Å². The van der Waals surface area contributed by atoms with Crippen molar-refractivity contribution in [3.8, 4) is 0 Å². The highest BCUT2D eigenvalue weighted by Crippen LogP contribution is 2.23. The molecule has 0 atom stereocenters. The summed E-state index contributed by atoms with van der Waals surface area (Å²) in [5, 5.41) is 3.57. The van der Waals surface area contributed by atoms with Crippen LogP contribution in [0.25, 0.3) is 0 Å². The van der Waals surface area contributed by atoms with E-state index >= 15 is 0 Å². The summed E-state index contributed by atoms with van der Waals surface area (Å²) in [6, 6.07) is 4.71. The number of thiophene rings is 1. The van der Waals surface area contributed by atoms with Gasteiger partial charge in [-0.1, -0.05) is 5.16 Å². The van der Waals surface area contributed by atoms with Crippen LogP contribution in [0, 0.1) is 6.92 Å². The van der Waals surface area contributed by atoms with E-state index in [1.54, 1.807) is 13.0 Å². The summed E-state index contributed by atoms with van der Waals surface area (Å²) in [5.41, 5.74) is 5.43. The van der Waals surface area contributed by atoms with Crippen LogP contribution >= 0.6 is 11.3 Å². The molecule has 0 aromatic carbocycles. The summed E-state index contributed by atoms with van der Waals surface area (Å²) in [7, 11) is -3.60. The summed E-state index contributed by atoms with van der Waals surface area (Å²) >= 11 is 1.13. The van der Waals surface area contributed by atoms with Crippen molar-refractivity contribution in [1.82, 2.24) is 5.16 Å². The van der Waals surface area contributed by atoms with Gasteiger partial charge in [0.1, 0.15) is 9.97 Å². The Morgan fingerprint density at radius 2 is 2.29 bits per heavy atom. The number of nitrogens with one attached hydrogen (secondary N) is 1. The van der Waals surface area contributed by atoms with Crippen molar-refractivity contribution < 1.29 is 12.9 Å². The number of sulfonamides is 1. The molecular formula is C9H11N3O3S2. The van der Waals surface area contributed by atoms with Crippen LogP contribution in [0.1, 0.15) is 10.6 Å². The lowest BCUT2D eigenvalue weighted by atomic mass is 10.5. The zero-order valence-electron chi connectivity index (χ0n) is 9.00. The molecule has 0 aliphatic carbocycles. The maximum atomic E-state index is 11.9. The molecule has 6 nitrogen and oxygen atoms in total. The molecule has 0 aliphatic heterocycles. The van der Waals surface area contributed by atoms with E-state index in [1.165, 1.54) is 12.1 Å². The van der Waals surface area contributed by atoms with Crippen LogP contribution in [-0.4, -0.2) is 13.6 Å². The number of nitrogens with zero attached hydrogens (tertiary/aromatic N) is 1. The second-order valence-electron chi connectivity index (χ2n) is 3.35. The van der Waals surface area contributed by atoms with Crippen LogP contribution in [0.4, 0.5) is 5.82 Å². The lowest BCUT2D eigenvalue weighted by Gasteiger charge is -2.00. The van der Waals surface area contributed by atoms with Crippen LogP contribution in [0.15, 0.2) is 26.9 Å². The van der Waals surface area contributed by atoms with Crippen LogP contribution in [0.2, 0.25) is 0 Å². The maximum Gasteiger partial charge on any atom is 0.272 e. The van der Waals surface area contributed by atoms with Crippen molar-refractivity contribution in [2.45, 2.75) is 17.7 Å². The standard InChI is InChI=1S/C9H11N3O3S2/c1-6-4-8(11-15-6)12-17(13,14)9-3-2-7(5-10)16-9/h2-4H,5,10H2,1H3,(H,11,12). The van der Waals surface area contributed by atoms with E-state index in [0.717, 1.165) is 16.2 Å². The largest absolute Gasteiger partial charge is 0.360 e. The molecule has 0 spiro atoms. The number of hydrogen-bond acceptors (Lipinski definition) is 6. The van der Waals surface area contributed by atoms with Crippen molar-refractivity contribution in [2.75, 3.05) is 4.72 Å². The predicted molar refractivity (Wildman–Crippen MR) is 64.3 cm³/mol. The molecule has 2 heterocycles. The van der Waals surface area contributed by atoms with Crippen molar-refractivity contribution >= 4 is 27.2 Å². The Balaban J connectivity index is 2.24. The highest BCUT2D eigenvalue weighted by molar-refractivity contribution is 7.94. The molecule has 17 heavy (non-hydrogen) atoms. The van der Waals surface area contributed by atoms with Gasteiger partial charge >= 0.3 is 0 Å². The van der Waals surface area contributed by atoms with Gasteiger partial charge in [0, 0.05) is 17.5 Å². The molecule has 8 heteroatoms. The van der Waals surface area contributed by atoms with Gasteiger partial charge in [0.2, 0.25) is 0 Å². The number of aryl methyl sites for hydroxylation is 1. The van der Waals surface area contributed by atoms with Gasteiger partial charge < -0.3 is 10.3 Å². The van der Waals surface area contributed by atoms with Crippen molar-refractivity contribution in [3.05, 3.63) is 28.8 Å². The Morgan fingerprint density at radius 1 is 1.53 bits per heavy atom. The molecule has 0 aliphatic rings. The minimum absolute atomic E-state index is 0.171. The number of hydrogen-bond donors (Lipinski definition) is 2. The summed E-state index contributed by atoms with van der Waals surface area (Å²) in [6.07, 6.45) is 0. The van der Waals surface area contributed by atoms with Gasteiger partial charge in [0.15, 0.2) is 5.82 Å². The van der Waals surface area contributed by atoms with Crippen molar-refractivity contribution in [1.29, 1.82) is 0 Å². The van der Waals surface area contributed by atoms with Gasteiger partial charge in [-0.25, -0.2) is 8.42 Å². The summed E-state index contributed by atoms with van der Waals surface area (Å²) in [6.45, 7) is 2.01. The average molecular weight is 273 g/mol. The molecule has 2 rings (SSSR count). The molecule has 0 unspecified atom stereocenters. The van der Waals surface area contributed by atoms with E-state index in [4.69, 9.17) is 10.3 Å². The first kappa shape index (κ1) is 12.1. The molecule has 3 N–H and O–H groups in total. The lowest BCUT2D eigenvalue weighted by molar-refractivity contribution is 0.400. The molecule has 92 valence electrons. The number of anilines is 1. The lowest BCUT2D eigenvalue weighted by Crippen LogP contribution is -2.11. The summed E-state index contributed by atoms with van der Waals surface area (Å²) in [4.78, 5) is 0.807. The second kappa shape index (κ2) is 4.47. The van der Waals surface area contributed by atoms with Gasteiger partial charge in [0.05, 0.1) is 0 Å². The first-order valence-corrected chi connectivity index (χ1v) is 7.06. The number of rotatable bonds is 4. The van der Waals surface area contributed by atoms with E-state index in [9.17, 15) is 8.42 Å². The van der Waals surface area contributed by atoms with E-state index in [-0.39, 0.29) is 10.0 Å². The second-order valence-corrected chi connectivity index (χ2v) is 6.43. The van der Waals surface area contributed by atoms with E-state index in [0.29, 0.717) is 12.3 Å². The van der Waals surface area contributed by atoms with Crippen LogP contribution in [-0.2, 0) is 16.6 Å². The molecule has 2 aromatic rings. The summed E-state index contributed by atoms with van der Waals surface area (Å²) < 4.78 is 31.1. The monoisotopic (exact) mass is 273 g/mol. The molecule has 0 radical (unpaired) electrons. The minimum Gasteiger partial charge on any atom is -0.360 e. The fourth-order valence-electron chi connectivity index (χ4n) is 1.21. The van der Waals surface area contributed by atoms with Crippen LogP contribution < -0.4 is 10.5 Å². The normalized spacial score (nSPS) is 11.6. The fourth-order valence-corrected chi connectivity index (χ4v) is 3.43. The van der Waals surface area contributed by atoms with Gasteiger partial charge in [0.25, 0.3) is 10.0 Å². The molecule has 0 saturated heterocycles. The topological polar surface area (TPSA) is 98.2 Å². The molecule has 0 amide bonds. The first-order valence-electron chi connectivity index (χ1n) is 4.76. The Morgan fingerprint density at radius 3 is 2.82 bits per heavy atom. The first-order chi connectivity index (χ1) is 8.01. The third-order valence-electron chi connectivity index (χ3n) is 1.97. The highest BCUT2D eigenvalue weighted by Gasteiger charge is 2.18. The molecule has 0 saturated carbocycles. The quantitative estimate of drug-likeness (QED) is 0.875. The fraction of sp³-hybridized carbons (Fsp3) is 0.222. The van der Waals surface area contributed by atoms with E-state index < -0.39 is 10.0 Å². The third-order valence-corrected chi connectivity index (χ3v) is 4.92. The zero-order chi connectivity index (χ0) is 12.5. The third kappa shape index (κ3) is 2.65. The molecular weight excluding hydrogens is 262 g/mol. The Kier molecular flexibility index (Phi) is 3.18. The Labute approximate surface area is 102 Å². The van der Waals surface area contributed by atoms with Gasteiger partial charge in [-0.15, -0.1) is 11.3 Å². The van der Waals surface area contributed by atoms with Crippen LogP contribution in [0.3, 0.4) is 0 Å². The molecule has 0 bridgehead atoms. The summed E-state index contributed by atoms with van der Waals surface area (Å²) in [5.74, 6) is 0.710. The highest BCUT2D eigenvalue weighted by atomic mass is 32.2. The maximum absolute atomic E-state index is 11.9. The van der Waals surface area contributed by atoms with E-state index in [2.05, 4.69) is 9.88 Å². The zero-order valence-corrected chi connectivity index (χ0v) is 10.6. The Hall–Kier alpha value is -1.38. The Bertz CT molecular complexity index is 615. The SMILES string of the molecule is Cc1cc(NS(=O)(=O)c2ccc(CN)s2)no1. The van der Waals surface area contributed by atoms with Gasteiger partial charge in [-0.05, 0) is 19.1 Å². The molecule has 0 fully saturated rings. The average Bonchev–Trinajstić information content (AvgIpc) is 2.86.